The van der Waals surface area contributed by atoms with Crippen LogP contribution in [0.5, 0.6) is 0 Å². The van der Waals surface area contributed by atoms with Crippen molar-refractivity contribution in [2.75, 3.05) is 6.61 Å². The van der Waals surface area contributed by atoms with Crippen LogP contribution in [-0.4, -0.2) is 29.5 Å². The van der Waals surface area contributed by atoms with Crippen LogP contribution < -0.4 is 0 Å². The molecule has 2 rings (SSSR count). The second-order valence-electron chi connectivity index (χ2n) is 5.69. The Bertz CT molecular complexity index is 484. The third-order valence-corrected chi connectivity index (χ3v) is 3.72. The Hall–Kier alpha value is -1.84. The first kappa shape index (κ1) is 14.6. The molecule has 1 aromatic carbocycles. The number of imide groups is 1. The van der Waals surface area contributed by atoms with E-state index < -0.39 is 6.09 Å². The fraction of sp³-hybridized carbons (Fsp3) is 0.500. The molecule has 0 radical (unpaired) electrons. The van der Waals surface area contributed by atoms with E-state index in [1.807, 2.05) is 51.1 Å². The van der Waals surface area contributed by atoms with Crippen molar-refractivity contribution < 1.29 is 14.3 Å². The maximum atomic E-state index is 12.5. The van der Waals surface area contributed by atoms with E-state index >= 15 is 0 Å². The number of carbonyl (C=O) groups excluding carboxylic acids is 2. The summed E-state index contributed by atoms with van der Waals surface area (Å²) in [7, 11) is 0. The van der Waals surface area contributed by atoms with Crippen molar-refractivity contribution in [1.82, 2.24) is 4.90 Å². The number of nitrogens with zero attached hydrogens (tertiary/aromatic N) is 1. The third kappa shape index (κ3) is 3.00. The number of rotatable bonds is 4. The zero-order valence-electron chi connectivity index (χ0n) is 12.2. The molecule has 0 unspecified atom stereocenters. The van der Waals surface area contributed by atoms with Gasteiger partial charge in [-0.2, -0.15) is 0 Å². The van der Waals surface area contributed by atoms with Gasteiger partial charge in [-0.1, -0.05) is 51.1 Å². The highest BCUT2D eigenvalue weighted by Crippen LogP contribution is 2.23. The third-order valence-electron chi connectivity index (χ3n) is 3.72. The minimum Gasteiger partial charge on any atom is -0.447 e. The lowest BCUT2D eigenvalue weighted by Gasteiger charge is -2.25. The molecule has 0 N–H and O–H groups in total. The van der Waals surface area contributed by atoms with Gasteiger partial charge in [0.25, 0.3) is 0 Å². The van der Waals surface area contributed by atoms with Gasteiger partial charge in [0.05, 0.1) is 6.04 Å². The van der Waals surface area contributed by atoms with Gasteiger partial charge in [-0.25, -0.2) is 9.69 Å². The highest BCUT2D eigenvalue weighted by Gasteiger charge is 2.40. The van der Waals surface area contributed by atoms with Gasteiger partial charge in [0.15, 0.2) is 0 Å². The highest BCUT2D eigenvalue weighted by molar-refractivity contribution is 5.94. The minimum absolute atomic E-state index is 0.143. The summed E-state index contributed by atoms with van der Waals surface area (Å²) in [6, 6.07) is 9.69. The predicted octanol–water partition coefficient (Wildman–Crippen LogP) is 2.87. The van der Waals surface area contributed by atoms with E-state index in [-0.39, 0.29) is 23.8 Å². The Morgan fingerprint density at radius 1 is 1.30 bits per heavy atom. The molecule has 4 nitrogen and oxygen atoms in total. The van der Waals surface area contributed by atoms with Gasteiger partial charge in [-0.3, -0.25) is 4.79 Å². The van der Waals surface area contributed by atoms with Crippen molar-refractivity contribution in [1.29, 1.82) is 0 Å². The molecule has 0 spiro atoms. The number of carbonyl (C=O) groups is 2. The maximum absolute atomic E-state index is 12.5. The lowest BCUT2D eigenvalue weighted by atomic mass is 9.97. The smallest absolute Gasteiger partial charge is 0.416 e. The first-order valence-electron chi connectivity index (χ1n) is 7.04. The van der Waals surface area contributed by atoms with Crippen molar-refractivity contribution in [3.05, 3.63) is 35.9 Å². The summed E-state index contributed by atoms with van der Waals surface area (Å²) >= 11 is 0. The number of hydrogen-bond acceptors (Lipinski definition) is 3. The van der Waals surface area contributed by atoms with E-state index in [9.17, 15) is 9.59 Å². The highest BCUT2D eigenvalue weighted by atomic mass is 16.6. The van der Waals surface area contributed by atoms with Gasteiger partial charge in [0, 0.05) is 5.92 Å². The molecule has 0 aromatic heterocycles. The molecule has 1 fully saturated rings. The topological polar surface area (TPSA) is 46.6 Å². The van der Waals surface area contributed by atoms with Crippen LogP contribution in [0.3, 0.4) is 0 Å². The van der Waals surface area contributed by atoms with Crippen molar-refractivity contribution in [3.63, 3.8) is 0 Å². The predicted molar refractivity (Wildman–Crippen MR) is 76.1 cm³/mol. The van der Waals surface area contributed by atoms with Gasteiger partial charge in [0.1, 0.15) is 6.61 Å². The Kier molecular flexibility index (Phi) is 4.42. The molecule has 0 bridgehead atoms. The van der Waals surface area contributed by atoms with E-state index in [2.05, 4.69) is 0 Å². The molecule has 0 saturated carbocycles. The van der Waals surface area contributed by atoms with Gasteiger partial charge in [-0.15, -0.1) is 0 Å². The van der Waals surface area contributed by atoms with Crippen LogP contribution in [-0.2, 0) is 16.0 Å². The summed E-state index contributed by atoms with van der Waals surface area (Å²) < 4.78 is 5.03. The molecular weight excluding hydrogens is 254 g/mol. The van der Waals surface area contributed by atoms with Gasteiger partial charge < -0.3 is 4.74 Å². The van der Waals surface area contributed by atoms with Crippen LogP contribution in [0, 0.1) is 11.8 Å². The summed E-state index contributed by atoms with van der Waals surface area (Å²) in [5.41, 5.74) is 1.10. The minimum atomic E-state index is -0.506. The van der Waals surface area contributed by atoms with Crippen molar-refractivity contribution in [2.45, 2.75) is 33.2 Å². The lowest BCUT2D eigenvalue weighted by Crippen LogP contribution is -2.44. The van der Waals surface area contributed by atoms with Crippen LogP contribution in [0.15, 0.2) is 30.3 Å². The van der Waals surface area contributed by atoms with E-state index in [0.717, 1.165) is 5.56 Å². The molecule has 2 amide bonds. The molecule has 1 aliphatic heterocycles. The quantitative estimate of drug-likeness (QED) is 0.849. The van der Waals surface area contributed by atoms with E-state index in [4.69, 9.17) is 4.74 Å². The Morgan fingerprint density at radius 2 is 1.95 bits per heavy atom. The molecule has 2 atom stereocenters. The summed E-state index contributed by atoms with van der Waals surface area (Å²) in [6.07, 6.45) is 0.127. The van der Waals surface area contributed by atoms with Gasteiger partial charge in [-0.05, 0) is 17.9 Å². The Labute approximate surface area is 119 Å². The van der Waals surface area contributed by atoms with E-state index in [0.29, 0.717) is 13.0 Å². The largest absolute Gasteiger partial charge is 0.447 e. The summed E-state index contributed by atoms with van der Waals surface area (Å²) in [4.78, 5) is 25.6. The Balaban J connectivity index is 2.07. The molecule has 20 heavy (non-hydrogen) atoms. The van der Waals surface area contributed by atoms with Crippen LogP contribution in [0.1, 0.15) is 26.3 Å². The summed E-state index contributed by atoms with van der Waals surface area (Å²) in [5, 5.41) is 0. The Morgan fingerprint density at radius 3 is 2.55 bits per heavy atom. The summed E-state index contributed by atoms with van der Waals surface area (Å²) in [5.74, 6) is -0.173. The van der Waals surface area contributed by atoms with E-state index in [1.54, 1.807) is 0 Å². The standard InChI is InChI=1S/C16H21NO3/c1-11(2)14-10-20-16(19)17(14)15(18)12(3)9-13-7-5-4-6-8-13/h4-8,11-12,14H,9-10H2,1-3H3/t12-,14-/m0/s1. The second-order valence-corrected chi connectivity index (χ2v) is 5.69. The average molecular weight is 275 g/mol. The number of benzene rings is 1. The van der Waals surface area contributed by atoms with Crippen molar-refractivity contribution >= 4 is 12.0 Å². The normalized spacial score (nSPS) is 20.1. The number of amides is 2. The van der Waals surface area contributed by atoms with Gasteiger partial charge in [0.2, 0.25) is 5.91 Å². The second kappa shape index (κ2) is 6.07. The number of cyclic esters (lactones) is 1. The average Bonchev–Trinajstić information content (AvgIpc) is 2.81. The maximum Gasteiger partial charge on any atom is 0.416 e. The number of hydrogen-bond donors (Lipinski definition) is 0. The number of ether oxygens (including phenoxy) is 1. The fourth-order valence-electron chi connectivity index (χ4n) is 2.47. The first-order chi connectivity index (χ1) is 9.50. The molecule has 1 saturated heterocycles. The van der Waals surface area contributed by atoms with E-state index in [1.165, 1.54) is 4.90 Å². The SMILES string of the molecule is CC(C)[C@@H]1COC(=O)N1C(=O)[C@@H](C)Cc1ccccc1. The molecule has 4 heteroatoms. The van der Waals surface area contributed by atoms with Crippen LogP contribution >= 0.6 is 0 Å². The molecule has 1 aliphatic rings. The van der Waals surface area contributed by atoms with Crippen LogP contribution in [0.25, 0.3) is 0 Å². The molecule has 1 aromatic rings. The zero-order valence-corrected chi connectivity index (χ0v) is 12.2. The summed E-state index contributed by atoms with van der Waals surface area (Å²) in [6.45, 7) is 6.15. The van der Waals surface area contributed by atoms with Gasteiger partial charge >= 0.3 is 6.09 Å². The molecule has 1 heterocycles. The monoisotopic (exact) mass is 275 g/mol. The zero-order chi connectivity index (χ0) is 14.7. The molecular formula is C16H21NO3. The van der Waals surface area contributed by atoms with Crippen molar-refractivity contribution in [3.8, 4) is 0 Å². The van der Waals surface area contributed by atoms with Crippen LogP contribution in [0.2, 0.25) is 0 Å². The lowest BCUT2D eigenvalue weighted by molar-refractivity contribution is -0.133. The van der Waals surface area contributed by atoms with Crippen molar-refractivity contribution in [2.24, 2.45) is 11.8 Å². The fourth-order valence-corrected chi connectivity index (χ4v) is 2.47. The first-order valence-corrected chi connectivity index (χ1v) is 7.04. The van der Waals surface area contributed by atoms with Crippen LogP contribution in [0.4, 0.5) is 4.79 Å². The molecule has 0 aliphatic carbocycles. The molecule has 108 valence electrons.